The first-order chi connectivity index (χ1) is 10.1. The molecule has 1 heterocycles. The molecule has 2 nitrogen and oxygen atoms in total. The van der Waals surface area contributed by atoms with Gasteiger partial charge in [-0.25, -0.2) is 0 Å². The normalized spacial score (nSPS) is 25.0. The second-order valence-corrected chi connectivity index (χ2v) is 7.02. The molecule has 3 rings (SSSR count). The van der Waals surface area contributed by atoms with Crippen molar-refractivity contribution in [3.63, 3.8) is 0 Å². The molecule has 1 aliphatic carbocycles. The van der Waals surface area contributed by atoms with Gasteiger partial charge in [0, 0.05) is 18.1 Å². The average Bonchev–Trinajstić information content (AvgIpc) is 2.46. The van der Waals surface area contributed by atoms with Crippen LogP contribution in [-0.4, -0.2) is 18.0 Å². The van der Waals surface area contributed by atoms with Crippen LogP contribution in [0.1, 0.15) is 66.4 Å². The van der Waals surface area contributed by atoms with Crippen LogP contribution < -0.4 is 0 Å². The minimum atomic E-state index is 0.00962. The summed E-state index contributed by atoms with van der Waals surface area (Å²) in [5.74, 6) is 0.480. The lowest BCUT2D eigenvalue weighted by Crippen LogP contribution is -2.43. The number of hydrogen-bond donors (Lipinski definition) is 0. The molecular weight excluding hydrogens is 260 g/mol. The molecule has 2 aliphatic rings. The summed E-state index contributed by atoms with van der Waals surface area (Å²) in [5, 5.41) is 0. The number of aryl methyl sites for hydroxylation is 2. The van der Waals surface area contributed by atoms with Crippen molar-refractivity contribution in [3.05, 3.63) is 34.9 Å². The van der Waals surface area contributed by atoms with Gasteiger partial charge >= 0.3 is 0 Å². The smallest absolute Gasteiger partial charge is 0.166 e. The third-order valence-corrected chi connectivity index (χ3v) is 5.13. The van der Waals surface area contributed by atoms with E-state index in [2.05, 4.69) is 19.9 Å². The summed E-state index contributed by atoms with van der Waals surface area (Å²) < 4.78 is 6.12. The largest absolute Gasteiger partial charge is 0.375 e. The predicted molar refractivity (Wildman–Crippen MR) is 84.7 cm³/mol. The maximum Gasteiger partial charge on any atom is 0.166 e. The molecule has 2 fully saturated rings. The zero-order chi connectivity index (χ0) is 14.9. The second kappa shape index (κ2) is 5.92. The topological polar surface area (TPSA) is 26.3 Å². The van der Waals surface area contributed by atoms with Gasteiger partial charge in [0.15, 0.2) is 5.78 Å². The number of rotatable bonds is 2. The van der Waals surface area contributed by atoms with Gasteiger partial charge in [0.25, 0.3) is 0 Å². The van der Waals surface area contributed by atoms with Gasteiger partial charge in [-0.1, -0.05) is 36.5 Å². The molecule has 0 amide bonds. The fraction of sp³-hybridized carbons (Fsp3) is 0.632. The summed E-state index contributed by atoms with van der Waals surface area (Å²) >= 11 is 0. The monoisotopic (exact) mass is 286 g/mol. The van der Waals surface area contributed by atoms with E-state index >= 15 is 0 Å². The first-order valence-corrected chi connectivity index (χ1v) is 8.34. The first-order valence-electron chi connectivity index (χ1n) is 8.34. The minimum Gasteiger partial charge on any atom is -0.375 e. The predicted octanol–water partition coefficient (Wildman–Crippen LogP) is 4.62. The number of ketones is 1. The fourth-order valence-corrected chi connectivity index (χ4v) is 4.15. The van der Waals surface area contributed by atoms with Crippen LogP contribution in [0.15, 0.2) is 18.2 Å². The second-order valence-electron chi connectivity index (χ2n) is 7.02. The van der Waals surface area contributed by atoms with Crippen molar-refractivity contribution in [2.45, 2.75) is 64.4 Å². The first kappa shape index (κ1) is 14.8. The summed E-state index contributed by atoms with van der Waals surface area (Å²) in [6, 6.07) is 6.21. The van der Waals surface area contributed by atoms with E-state index in [-0.39, 0.29) is 11.5 Å². The minimum absolute atomic E-state index is 0.00962. The zero-order valence-corrected chi connectivity index (χ0v) is 13.3. The van der Waals surface area contributed by atoms with E-state index in [9.17, 15) is 4.79 Å². The summed E-state index contributed by atoms with van der Waals surface area (Å²) in [4.78, 5) is 12.9. The number of ether oxygens (including phenoxy) is 1. The van der Waals surface area contributed by atoms with Gasteiger partial charge in [0.05, 0.1) is 5.60 Å². The van der Waals surface area contributed by atoms with Crippen molar-refractivity contribution in [1.82, 2.24) is 0 Å². The molecule has 1 unspecified atom stereocenters. The van der Waals surface area contributed by atoms with Crippen molar-refractivity contribution in [3.8, 4) is 0 Å². The molecule has 1 saturated carbocycles. The van der Waals surface area contributed by atoms with Crippen LogP contribution in [0.3, 0.4) is 0 Å². The Bertz CT molecular complexity index is 501. The molecule has 0 bridgehead atoms. The van der Waals surface area contributed by atoms with E-state index in [0.717, 1.165) is 37.9 Å². The average molecular weight is 286 g/mol. The van der Waals surface area contributed by atoms with Gasteiger partial charge in [-0.05, 0) is 51.7 Å². The van der Waals surface area contributed by atoms with Crippen molar-refractivity contribution in [2.24, 2.45) is 5.92 Å². The van der Waals surface area contributed by atoms with Crippen molar-refractivity contribution < 1.29 is 9.53 Å². The fourth-order valence-electron chi connectivity index (χ4n) is 4.15. The van der Waals surface area contributed by atoms with Crippen LogP contribution in [0.5, 0.6) is 0 Å². The maximum absolute atomic E-state index is 12.9. The van der Waals surface area contributed by atoms with Crippen molar-refractivity contribution in [2.75, 3.05) is 6.61 Å². The number of benzene rings is 1. The molecule has 1 spiro atoms. The summed E-state index contributed by atoms with van der Waals surface area (Å²) in [7, 11) is 0. The molecule has 1 aromatic carbocycles. The van der Waals surface area contributed by atoms with Crippen molar-refractivity contribution >= 4 is 5.78 Å². The van der Waals surface area contributed by atoms with Gasteiger partial charge < -0.3 is 4.74 Å². The Morgan fingerprint density at radius 3 is 2.43 bits per heavy atom. The lowest BCUT2D eigenvalue weighted by atomic mass is 9.74. The Morgan fingerprint density at radius 2 is 1.76 bits per heavy atom. The van der Waals surface area contributed by atoms with Crippen LogP contribution in [0.4, 0.5) is 0 Å². The van der Waals surface area contributed by atoms with Crippen LogP contribution in [-0.2, 0) is 4.74 Å². The maximum atomic E-state index is 12.9. The number of Topliss-reactive ketones (excluding diaryl/α,β-unsaturated/α-hetero) is 1. The third-order valence-electron chi connectivity index (χ3n) is 5.13. The summed E-state index contributed by atoms with van der Waals surface area (Å²) in [5.41, 5.74) is 3.26. The van der Waals surface area contributed by atoms with Crippen LogP contribution in [0, 0.1) is 19.8 Å². The van der Waals surface area contributed by atoms with Crippen molar-refractivity contribution in [1.29, 1.82) is 0 Å². The molecule has 1 atom stereocenters. The Morgan fingerprint density at radius 1 is 1.10 bits per heavy atom. The summed E-state index contributed by atoms with van der Waals surface area (Å²) in [6.45, 7) is 4.88. The highest BCUT2D eigenvalue weighted by molar-refractivity contribution is 5.98. The van der Waals surface area contributed by atoms with Gasteiger partial charge in [-0.3, -0.25) is 4.79 Å². The van der Waals surface area contributed by atoms with E-state index in [1.165, 1.54) is 30.4 Å². The molecular formula is C19H26O2. The highest BCUT2D eigenvalue weighted by Crippen LogP contribution is 2.41. The van der Waals surface area contributed by atoms with Gasteiger partial charge in [0.1, 0.15) is 0 Å². The number of carbonyl (C=O) groups excluding carboxylic acids is 1. The lowest BCUT2D eigenvalue weighted by Gasteiger charge is -2.43. The van der Waals surface area contributed by atoms with Gasteiger partial charge in [0.2, 0.25) is 0 Å². The zero-order valence-electron chi connectivity index (χ0n) is 13.3. The molecule has 2 heteroatoms. The third kappa shape index (κ3) is 3.21. The van der Waals surface area contributed by atoms with Crippen LogP contribution in [0.2, 0.25) is 0 Å². The Kier molecular flexibility index (Phi) is 4.17. The Balaban J connectivity index is 1.77. The van der Waals surface area contributed by atoms with E-state index in [4.69, 9.17) is 4.74 Å². The van der Waals surface area contributed by atoms with Gasteiger partial charge in [-0.15, -0.1) is 0 Å². The lowest BCUT2D eigenvalue weighted by molar-refractivity contribution is -0.111. The molecule has 0 radical (unpaired) electrons. The molecule has 1 aliphatic heterocycles. The number of hydrogen-bond acceptors (Lipinski definition) is 2. The highest BCUT2D eigenvalue weighted by Gasteiger charge is 2.40. The van der Waals surface area contributed by atoms with E-state index < -0.39 is 0 Å². The van der Waals surface area contributed by atoms with E-state index in [0.29, 0.717) is 5.78 Å². The van der Waals surface area contributed by atoms with E-state index in [1.807, 2.05) is 12.1 Å². The van der Waals surface area contributed by atoms with Gasteiger partial charge in [-0.2, -0.15) is 0 Å². The molecule has 21 heavy (non-hydrogen) atoms. The number of carbonyl (C=O) groups is 1. The molecule has 1 aromatic rings. The Labute approximate surface area is 127 Å². The highest BCUT2D eigenvalue weighted by atomic mass is 16.5. The molecule has 0 N–H and O–H groups in total. The van der Waals surface area contributed by atoms with Crippen LogP contribution >= 0.6 is 0 Å². The Hall–Kier alpha value is -1.15. The van der Waals surface area contributed by atoms with Crippen LogP contribution in [0.25, 0.3) is 0 Å². The molecule has 114 valence electrons. The quantitative estimate of drug-likeness (QED) is 0.742. The standard InChI is InChI=1S/C19H26O2/c1-14-10-15(2)12-17(11-14)18(20)16-6-9-21-19(13-16)7-4-3-5-8-19/h10-12,16H,3-9,13H2,1-2H3. The van der Waals surface area contributed by atoms with E-state index in [1.54, 1.807) is 0 Å². The SMILES string of the molecule is Cc1cc(C)cc(C(=O)C2CCOC3(CCCCC3)C2)c1. The molecule has 1 saturated heterocycles. The molecule has 0 aromatic heterocycles. The summed E-state index contributed by atoms with van der Waals surface area (Å²) in [6.07, 6.45) is 7.93.